The fourth-order valence-electron chi connectivity index (χ4n) is 4.60. The van der Waals surface area contributed by atoms with E-state index in [2.05, 4.69) is 19.2 Å². The topological polar surface area (TPSA) is 21.3 Å². The van der Waals surface area contributed by atoms with Crippen molar-refractivity contribution in [2.75, 3.05) is 13.2 Å². The monoisotopic (exact) mass is 237 g/mol. The fraction of sp³-hybridized carbons (Fsp3) is 1.00. The summed E-state index contributed by atoms with van der Waals surface area (Å²) in [5.74, 6) is 2.67. The van der Waals surface area contributed by atoms with Crippen LogP contribution in [0.2, 0.25) is 0 Å². The molecule has 0 aromatic carbocycles. The van der Waals surface area contributed by atoms with Crippen molar-refractivity contribution in [3.63, 3.8) is 0 Å². The van der Waals surface area contributed by atoms with Crippen LogP contribution in [0, 0.1) is 17.8 Å². The molecule has 3 aliphatic rings. The second-order valence-corrected chi connectivity index (χ2v) is 6.88. The van der Waals surface area contributed by atoms with E-state index < -0.39 is 0 Å². The van der Waals surface area contributed by atoms with Crippen LogP contribution in [0.5, 0.6) is 0 Å². The van der Waals surface area contributed by atoms with Crippen molar-refractivity contribution in [1.29, 1.82) is 0 Å². The Morgan fingerprint density at radius 2 is 1.76 bits per heavy atom. The molecule has 3 unspecified atom stereocenters. The predicted octanol–water partition coefficient (Wildman–Crippen LogP) is 2.97. The zero-order valence-electron chi connectivity index (χ0n) is 11.4. The lowest BCUT2D eigenvalue weighted by Gasteiger charge is -2.54. The third-order valence-corrected chi connectivity index (χ3v) is 5.31. The second kappa shape index (κ2) is 4.55. The van der Waals surface area contributed by atoms with Crippen LogP contribution in [0.4, 0.5) is 0 Å². The van der Waals surface area contributed by atoms with Gasteiger partial charge in [-0.1, -0.05) is 13.8 Å². The summed E-state index contributed by atoms with van der Waals surface area (Å²) in [6.45, 7) is 6.85. The molecule has 3 atom stereocenters. The van der Waals surface area contributed by atoms with E-state index in [9.17, 15) is 0 Å². The Kier molecular flexibility index (Phi) is 3.20. The summed E-state index contributed by atoms with van der Waals surface area (Å²) in [5.41, 5.74) is 0.236. The van der Waals surface area contributed by atoms with Crippen LogP contribution in [0.15, 0.2) is 0 Å². The molecule has 0 aromatic rings. The van der Waals surface area contributed by atoms with Crippen molar-refractivity contribution in [2.24, 2.45) is 17.8 Å². The molecule has 3 rings (SSSR count). The van der Waals surface area contributed by atoms with Crippen LogP contribution in [0.3, 0.4) is 0 Å². The maximum atomic E-state index is 6.18. The molecule has 2 saturated carbocycles. The van der Waals surface area contributed by atoms with Crippen molar-refractivity contribution in [2.45, 2.75) is 64.0 Å². The molecule has 1 saturated heterocycles. The van der Waals surface area contributed by atoms with Crippen molar-refractivity contribution in [1.82, 2.24) is 5.32 Å². The number of hydrogen-bond donors (Lipinski definition) is 1. The number of rotatable bonds is 1. The van der Waals surface area contributed by atoms with E-state index in [4.69, 9.17) is 4.74 Å². The van der Waals surface area contributed by atoms with Gasteiger partial charge >= 0.3 is 0 Å². The lowest BCUT2D eigenvalue weighted by molar-refractivity contribution is -0.160. The molecule has 0 amide bonds. The van der Waals surface area contributed by atoms with Gasteiger partial charge in [0.1, 0.15) is 0 Å². The Morgan fingerprint density at radius 3 is 2.35 bits per heavy atom. The van der Waals surface area contributed by atoms with Crippen LogP contribution in [-0.4, -0.2) is 24.8 Å². The zero-order chi connectivity index (χ0) is 11.9. The van der Waals surface area contributed by atoms with Gasteiger partial charge in [0, 0.05) is 12.6 Å². The SMILES string of the molecule is CC1CC(C)CC(C2NCCOC23CCC3)C1. The summed E-state index contributed by atoms with van der Waals surface area (Å²) in [7, 11) is 0. The van der Waals surface area contributed by atoms with Gasteiger partial charge in [-0.3, -0.25) is 0 Å². The lowest BCUT2D eigenvalue weighted by Crippen LogP contribution is -2.64. The number of nitrogens with one attached hydrogen (secondary N) is 1. The van der Waals surface area contributed by atoms with Gasteiger partial charge in [0.2, 0.25) is 0 Å². The summed E-state index contributed by atoms with van der Waals surface area (Å²) in [6, 6.07) is 0.648. The van der Waals surface area contributed by atoms with Crippen molar-refractivity contribution >= 4 is 0 Å². The minimum atomic E-state index is 0.236. The fourth-order valence-corrected chi connectivity index (χ4v) is 4.60. The van der Waals surface area contributed by atoms with Gasteiger partial charge in [-0.25, -0.2) is 0 Å². The Morgan fingerprint density at radius 1 is 1.06 bits per heavy atom. The first-order chi connectivity index (χ1) is 8.20. The van der Waals surface area contributed by atoms with E-state index in [0.29, 0.717) is 6.04 Å². The maximum absolute atomic E-state index is 6.18. The van der Waals surface area contributed by atoms with Gasteiger partial charge in [-0.2, -0.15) is 0 Å². The molecule has 2 heteroatoms. The average Bonchev–Trinajstić information content (AvgIpc) is 2.25. The van der Waals surface area contributed by atoms with E-state index in [-0.39, 0.29) is 5.60 Å². The van der Waals surface area contributed by atoms with Gasteiger partial charge in [-0.05, 0) is 56.3 Å². The van der Waals surface area contributed by atoms with E-state index >= 15 is 0 Å². The molecule has 3 fully saturated rings. The highest BCUT2D eigenvalue weighted by Gasteiger charge is 2.50. The Hall–Kier alpha value is -0.0800. The molecule has 1 aliphatic heterocycles. The van der Waals surface area contributed by atoms with Crippen molar-refractivity contribution in [3.05, 3.63) is 0 Å². The molecule has 0 aromatic heterocycles. The van der Waals surface area contributed by atoms with E-state index in [1.54, 1.807) is 0 Å². The predicted molar refractivity (Wildman–Crippen MR) is 70.0 cm³/mol. The van der Waals surface area contributed by atoms with Crippen molar-refractivity contribution < 1.29 is 4.74 Å². The molecule has 1 N–H and O–H groups in total. The van der Waals surface area contributed by atoms with Crippen LogP contribution < -0.4 is 5.32 Å². The third-order valence-electron chi connectivity index (χ3n) is 5.31. The van der Waals surface area contributed by atoms with Crippen LogP contribution in [0.25, 0.3) is 0 Å². The third kappa shape index (κ3) is 2.15. The zero-order valence-corrected chi connectivity index (χ0v) is 11.4. The van der Waals surface area contributed by atoms with Gasteiger partial charge in [0.05, 0.1) is 12.2 Å². The maximum Gasteiger partial charge on any atom is 0.0838 e. The summed E-state index contributed by atoms with van der Waals surface area (Å²) in [4.78, 5) is 0. The molecule has 1 spiro atoms. The van der Waals surface area contributed by atoms with Gasteiger partial charge < -0.3 is 10.1 Å². The number of ether oxygens (including phenoxy) is 1. The highest BCUT2D eigenvalue weighted by Crippen LogP contribution is 2.46. The Bertz CT molecular complexity index is 264. The van der Waals surface area contributed by atoms with Gasteiger partial charge in [0.15, 0.2) is 0 Å². The van der Waals surface area contributed by atoms with Gasteiger partial charge in [-0.15, -0.1) is 0 Å². The molecule has 98 valence electrons. The first-order valence-electron chi connectivity index (χ1n) is 7.57. The number of hydrogen-bond acceptors (Lipinski definition) is 2. The number of morpholine rings is 1. The molecular formula is C15H27NO. The molecule has 0 bridgehead atoms. The molecule has 2 aliphatic carbocycles. The van der Waals surface area contributed by atoms with Gasteiger partial charge in [0.25, 0.3) is 0 Å². The molecule has 0 radical (unpaired) electrons. The second-order valence-electron chi connectivity index (χ2n) is 6.88. The normalized spacial score (nSPS) is 45.5. The van der Waals surface area contributed by atoms with Crippen LogP contribution in [0.1, 0.15) is 52.4 Å². The molecule has 17 heavy (non-hydrogen) atoms. The molecular weight excluding hydrogens is 210 g/mol. The van der Waals surface area contributed by atoms with Crippen LogP contribution in [-0.2, 0) is 4.74 Å². The summed E-state index contributed by atoms with van der Waals surface area (Å²) in [6.07, 6.45) is 8.21. The summed E-state index contributed by atoms with van der Waals surface area (Å²) < 4.78 is 6.18. The largest absolute Gasteiger partial charge is 0.372 e. The van der Waals surface area contributed by atoms with E-state index in [1.165, 1.54) is 38.5 Å². The summed E-state index contributed by atoms with van der Waals surface area (Å²) in [5, 5.41) is 3.80. The minimum absolute atomic E-state index is 0.236. The highest BCUT2D eigenvalue weighted by molar-refractivity contribution is 5.05. The highest BCUT2D eigenvalue weighted by atomic mass is 16.5. The quantitative estimate of drug-likeness (QED) is 0.757. The lowest BCUT2D eigenvalue weighted by atomic mass is 9.64. The Labute approximate surface area is 105 Å². The van der Waals surface area contributed by atoms with E-state index in [1.807, 2.05) is 0 Å². The molecule has 2 nitrogen and oxygen atoms in total. The summed E-state index contributed by atoms with van der Waals surface area (Å²) >= 11 is 0. The van der Waals surface area contributed by atoms with Crippen LogP contribution >= 0.6 is 0 Å². The Balaban J connectivity index is 1.72. The first-order valence-corrected chi connectivity index (χ1v) is 7.57. The average molecular weight is 237 g/mol. The molecule has 1 heterocycles. The van der Waals surface area contributed by atoms with E-state index in [0.717, 1.165) is 30.9 Å². The minimum Gasteiger partial charge on any atom is -0.372 e. The smallest absolute Gasteiger partial charge is 0.0838 e. The first kappa shape index (κ1) is 12.0. The standard InChI is InChI=1S/C15H27NO/c1-11-8-12(2)10-13(9-11)14-15(4-3-5-15)17-7-6-16-14/h11-14,16H,3-10H2,1-2H3. The van der Waals surface area contributed by atoms with Crippen molar-refractivity contribution in [3.8, 4) is 0 Å².